The molecule has 6 nitrogen and oxygen atoms in total. The Morgan fingerprint density at radius 2 is 2.05 bits per heavy atom. The maximum Gasteiger partial charge on any atom is 0.243 e. The van der Waals surface area contributed by atoms with E-state index in [4.69, 9.17) is 0 Å². The zero-order chi connectivity index (χ0) is 15.7. The van der Waals surface area contributed by atoms with Crippen molar-refractivity contribution in [3.05, 3.63) is 11.6 Å². The molecule has 2 heterocycles. The quantitative estimate of drug-likeness (QED) is 0.838. The standard InChI is InChI=1S/C16H23N5O/c1-12-18-13(2)21(19-12)14-6-5-9-20(10-14)15(22)16(11-17)7-3-4-8-16/h14H,3-10H2,1-2H3. The third kappa shape index (κ3) is 2.49. The van der Waals surface area contributed by atoms with Crippen molar-refractivity contribution in [2.24, 2.45) is 5.41 Å². The van der Waals surface area contributed by atoms with Crippen LogP contribution in [0.15, 0.2) is 0 Å². The van der Waals surface area contributed by atoms with E-state index in [0.29, 0.717) is 19.4 Å². The van der Waals surface area contributed by atoms with Gasteiger partial charge in [0.1, 0.15) is 17.1 Å². The molecular formula is C16H23N5O. The van der Waals surface area contributed by atoms with Crippen LogP contribution in [-0.4, -0.2) is 38.7 Å². The normalized spacial score (nSPS) is 24.2. The second kappa shape index (κ2) is 5.71. The molecule has 1 aliphatic heterocycles. The summed E-state index contributed by atoms with van der Waals surface area (Å²) in [5.41, 5.74) is -0.769. The summed E-state index contributed by atoms with van der Waals surface area (Å²) >= 11 is 0. The van der Waals surface area contributed by atoms with Crippen LogP contribution < -0.4 is 0 Å². The first-order valence-corrected chi connectivity index (χ1v) is 8.16. The highest BCUT2D eigenvalue weighted by atomic mass is 16.2. The monoisotopic (exact) mass is 301 g/mol. The molecular weight excluding hydrogens is 278 g/mol. The van der Waals surface area contributed by atoms with Gasteiger partial charge in [0.15, 0.2) is 0 Å². The molecule has 2 aliphatic rings. The average molecular weight is 301 g/mol. The first kappa shape index (κ1) is 15.0. The van der Waals surface area contributed by atoms with Gasteiger partial charge in [-0.3, -0.25) is 4.79 Å². The number of aromatic nitrogens is 3. The maximum atomic E-state index is 12.9. The van der Waals surface area contributed by atoms with Gasteiger partial charge < -0.3 is 4.90 Å². The number of carbonyl (C=O) groups is 1. The highest BCUT2D eigenvalue weighted by Gasteiger charge is 2.45. The molecule has 1 aromatic rings. The number of rotatable bonds is 2. The number of amides is 1. The van der Waals surface area contributed by atoms with Crippen LogP contribution in [0.3, 0.4) is 0 Å². The van der Waals surface area contributed by atoms with E-state index in [1.807, 2.05) is 23.4 Å². The van der Waals surface area contributed by atoms with Crippen molar-refractivity contribution in [1.82, 2.24) is 19.7 Å². The first-order valence-electron chi connectivity index (χ1n) is 8.16. The van der Waals surface area contributed by atoms with Crippen molar-refractivity contribution in [1.29, 1.82) is 5.26 Å². The molecule has 3 rings (SSSR count). The van der Waals surface area contributed by atoms with Crippen LogP contribution in [0, 0.1) is 30.6 Å². The summed E-state index contributed by atoms with van der Waals surface area (Å²) in [7, 11) is 0. The Morgan fingerprint density at radius 3 is 2.64 bits per heavy atom. The Balaban J connectivity index is 1.77. The minimum atomic E-state index is -0.769. The second-order valence-corrected chi connectivity index (χ2v) is 6.60. The van der Waals surface area contributed by atoms with Gasteiger partial charge in [0, 0.05) is 13.1 Å². The van der Waals surface area contributed by atoms with E-state index >= 15 is 0 Å². The minimum Gasteiger partial charge on any atom is -0.339 e. The van der Waals surface area contributed by atoms with Crippen molar-refractivity contribution in [2.45, 2.75) is 58.4 Å². The molecule has 1 saturated carbocycles. The molecule has 1 aliphatic carbocycles. The number of aryl methyl sites for hydroxylation is 2. The lowest BCUT2D eigenvalue weighted by atomic mass is 9.85. The van der Waals surface area contributed by atoms with Gasteiger partial charge in [-0.25, -0.2) is 9.67 Å². The van der Waals surface area contributed by atoms with Gasteiger partial charge in [0.25, 0.3) is 0 Å². The molecule has 2 fully saturated rings. The smallest absolute Gasteiger partial charge is 0.243 e. The van der Waals surface area contributed by atoms with Gasteiger partial charge in [0.05, 0.1) is 12.1 Å². The zero-order valence-electron chi connectivity index (χ0n) is 13.4. The fourth-order valence-electron chi connectivity index (χ4n) is 3.88. The molecule has 0 spiro atoms. The molecule has 0 bridgehead atoms. The highest BCUT2D eigenvalue weighted by Crippen LogP contribution is 2.40. The van der Waals surface area contributed by atoms with E-state index in [1.165, 1.54) is 0 Å². The lowest BCUT2D eigenvalue weighted by molar-refractivity contribution is -0.140. The molecule has 22 heavy (non-hydrogen) atoms. The summed E-state index contributed by atoms with van der Waals surface area (Å²) in [4.78, 5) is 19.1. The SMILES string of the molecule is Cc1nc(C)n(C2CCCN(C(=O)C3(C#N)CCCC3)C2)n1. The van der Waals surface area contributed by atoms with E-state index in [2.05, 4.69) is 16.2 Å². The van der Waals surface area contributed by atoms with Gasteiger partial charge in [0.2, 0.25) is 5.91 Å². The van der Waals surface area contributed by atoms with E-state index < -0.39 is 5.41 Å². The molecule has 1 saturated heterocycles. The van der Waals surface area contributed by atoms with Crippen molar-refractivity contribution >= 4 is 5.91 Å². The molecule has 1 amide bonds. The number of hydrogen-bond acceptors (Lipinski definition) is 4. The predicted molar refractivity (Wildman–Crippen MR) is 80.9 cm³/mol. The molecule has 118 valence electrons. The summed E-state index contributed by atoms with van der Waals surface area (Å²) < 4.78 is 1.95. The van der Waals surface area contributed by atoms with Crippen molar-refractivity contribution in [2.75, 3.05) is 13.1 Å². The van der Waals surface area contributed by atoms with Crippen LogP contribution in [-0.2, 0) is 4.79 Å². The fraction of sp³-hybridized carbons (Fsp3) is 0.750. The van der Waals surface area contributed by atoms with E-state index in [-0.39, 0.29) is 11.9 Å². The summed E-state index contributed by atoms with van der Waals surface area (Å²) in [6.45, 7) is 5.24. The van der Waals surface area contributed by atoms with Crippen molar-refractivity contribution in [3.8, 4) is 6.07 Å². The van der Waals surface area contributed by atoms with E-state index in [9.17, 15) is 10.1 Å². The number of carbonyl (C=O) groups excluding carboxylic acids is 1. The molecule has 0 aromatic carbocycles. The summed E-state index contributed by atoms with van der Waals surface area (Å²) in [6.07, 6.45) is 5.36. The largest absolute Gasteiger partial charge is 0.339 e. The minimum absolute atomic E-state index is 0.0340. The van der Waals surface area contributed by atoms with Gasteiger partial charge in [-0.1, -0.05) is 12.8 Å². The maximum absolute atomic E-state index is 12.9. The Kier molecular flexibility index (Phi) is 3.90. The summed E-state index contributed by atoms with van der Waals surface area (Å²) in [5, 5.41) is 14.0. The molecule has 1 aromatic heterocycles. The summed E-state index contributed by atoms with van der Waals surface area (Å²) in [5.74, 6) is 1.70. The van der Waals surface area contributed by atoms with Crippen molar-refractivity contribution < 1.29 is 4.79 Å². The van der Waals surface area contributed by atoms with Crippen LogP contribution in [0.25, 0.3) is 0 Å². The van der Waals surface area contributed by atoms with Crippen LogP contribution in [0.1, 0.15) is 56.2 Å². The average Bonchev–Trinajstić information content (AvgIpc) is 3.14. The number of piperidine rings is 1. The van der Waals surface area contributed by atoms with Gasteiger partial charge in [-0.15, -0.1) is 0 Å². The Bertz CT molecular complexity index is 609. The lowest BCUT2D eigenvalue weighted by Crippen LogP contribution is -2.47. The van der Waals surface area contributed by atoms with Gasteiger partial charge >= 0.3 is 0 Å². The molecule has 1 atom stereocenters. The number of likely N-dealkylation sites (tertiary alicyclic amines) is 1. The first-order chi connectivity index (χ1) is 10.6. The van der Waals surface area contributed by atoms with E-state index in [1.54, 1.807) is 0 Å². The predicted octanol–water partition coefficient (Wildman–Crippen LogP) is 2.14. The third-order valence-corrected chi connectivity index (χ3v) is 5.02. The van der Waals surface area contributed by atoms with Crippen LogP contribution in [0.2, 0.25) is 0 Å². The Morgan fingerprint density at radius 1 is 1.32 bits per heavy atom. The van der Waals surface area contributed by atoms with Crippen LogP contribution in [0.4, 0.5) is 0 Å². The topological polar surface area (TPSA) is 74.8 Å². The molecule has 0 N–H and O–H groups in total. The number of nitrogens with zero attached hydrogens (tertiary/aromatic N) is 5. The Hall–Kier alpha value is -1.90. The number of hydrogen-bond donors (Lipinski definition) is 0. The lowest BCUT2D eigenvalue weighted by Gasteiger charge is -2.36. The van der Waals surface area contributed by atoms with Gasteiger partial charge in [-0.2, -0.15) is 10.4 Å². The molecule has 6 heteroatoms. The molecule has 1 unspecified atom stereocenters. The van der Waals surface area contributed by atoms with Crippen LogP contribution in [0.5, 0.6) is 0 Å². The van der Waals surface area contributed by atoms with Crippen LogP contribution >= 0.6 is 0 Å². The van der Waals surface area contributed by atoms with Gasteiger partial charge in [-0.05, 0) is 39.5 Å². The van der Waals surface area contributed by atoms with Crippen molar-refractivity contribution in [3.63, 3.8) is 0 Å². The zero-order valence-corrected chi connectivity index (χ0v) is 13.4. The van der Waals surface area contributed by atoms with E-state index in [0.717, 1.165) is 43.9 Å². The Labute approximate surface area is 131 Å². The number of nitriles is 1. The highest BCUT2D eigenvalue weighted by molar-refractivity contribution is 5.86. The molecule has 0 radical (unpaired) electrons. The second-order valence-electron chi connectivity index (χ2n) is 6.60. The summed E-state index contributed by atoms with van der Waals surface area (Å²) in [6, 6.07) is 2.50. The third-order valence-electron chi connectivity index (χ3n) is 5.02. The fourth-order valence-corrected chi connectivity index (χ4v) is 3.88.